The molecule has 2 bridgehead atoms. The van der Waals surface area contributed by atoms with Crippen LogP contribution in [0.25, 0.3) is 0 Å². The molecular weight excluding hydrogens is 456 g/mol. The van der Waals surface area contributed by atoms with E-state index in [1.165, 1.54) is 6.07 Å². The van der Waals surface area contributed by atoms with E-state index in [1.807, 2.05) is 34.6 Å². The number of carbonyl (C=O) groups is 2. The van der Waals surface area contributed by atoms with Crippen LogP contribution in [0, 0.1) is 22.7 Å². The maximum atomic E-state index is 13.4. The molecule has 34 heavy (non-hydrogen) atoms. The van der Waals surface area contributed by atoms with Gasteiger partial charge in [0, 0.05) is 25.0 Å². The Morgan fingerprint density at radius 1 is 1.12 bits per heavy atom. The highest BCUT2D eigenvalue weighted by Gasteiger charge is 2.65. The van der Waals surface area contributed by atoms with Crippen molar-refractivity contribution in [2.45, 2.75) is 67.2 Å². The summed E-state index contributed by atoms with van der Waals surface area (Å²) in [5.74, 6) is 0.666. The number of Topliss-reactive ketones (excluding diaryl/α,β-unsaturated/α-hetero) is 1. The van der Waals surface area contributed by atoms with Gasteiger partial charge in [0.1, 0.15) is 17.3 Å². The average Bonchev–Trinajstić information content (AvgIpc) is 3.04. The molecule has 2 N–H and O–H groups in total. The molecule has 2 unspecified atom stereocenters. The van der Waals surface area contributed by atoms with Crippen molar-refractivity contribution < 1.29 is 27.5 Å². The standard InChI is InChI=1S/C25H38N2O6S/c1-7-32-20-14-19(21(33-8-2)13-18(20)26-23(29)11-16(3)4)27-34(30,31)15-25-10-9-17(12-22(25)28)24(25,5)6/h13-14,16-17,27H,7-12,15H2,1-6H3,(H,26,29). The van der Waals surface area contributed by atoms with E-state index in [9.17, 15) is 18.0 Å². The Balaban J connectivity index is 1.92. The fraction of sp³-hybridized carbons (Fsp3) is 0.680. The molecule has 0 heterocycles. The average molecular weight is 495 g/mol. The molecule has 1 aromatic rings. The first-order chi connectivity index (χ1) is 15.8. The molecule has 0 radical (unpaired) electrons. The Kier molecular flexibility index (Phi) is 7.55. The maximum absolute atomic E-state index is 13.4. The lowest BCUT2D eigenvalue weighted by Gasteiger charge is -2.36. The monoisotopic (exact) mass is 494 g/mol. The summed E-state index contributed by atoms with van der Waals surface area (Å²) in [5, 5.41) is 2.85. The van der Waals surface area contributed by atoms with Crippen molar-refractivity contribution in [2.24, 2.45) is 22.7 Å². The summed E-state index contributed by atoms with van der Waals surface area (Å²) in [5.41, 5.74) is -0.588. The van der Waals surface area contributed by atoms with Gasteiger partial charge in [-0.25, -0.2) is 8.42 Å². The van der Waals surface area contributed by atoms with Crippen LogP contribution >= 0.6 is 0 Å². The van der Waals surface area contributed by atoms with Crippen LogP contribution in [0.1, 0.15) is 67.2 Å². The lowest BCUT2D eigenvalue weighted by molar-refractivity contribution is -0.128. The van der Waals surface area contributed by atoms with Crippen molar-refractivity contribution >= 4 is 33.1 Å². The molecule has 0 aromatic heterocycles. The van der Waals surface area contributed by atoms with Crippen molar-refractivity contribution in [1.29, 1.82) is 0 Å². The molecule has 1 aromatic carbocycles. The summed E-state index contributed by atoms with van der Waals surface area (Å²) >= 11 is 0. The first kappa shape index (κ1) is 26.3. The number of carbonyl (C=O) groups excluding carboxylic acids is 2. The molecule has 2 saturated carbocycles. The van der Waals surface area contributed by atoms with E-state index in [0.717, 1.165) is 6.42 Å². The minimum absolute atomic E-state index is 0.0439. The topological polar surface area (TPSA) is 111 Å². The first-order valence-corrected chi connectivity index (χ1v) is 13.8. The van der Waals surface area contributed by atoms with Gasteiger partial charge in [0.25, 0.3) is 0 Å². The molecule has 2 fully saturated rings. The zero-order chi connectivity index (χ0) is 25.3. The third-order valence-electron chi connectivity index (χ3n) is 7.39. The fourth-order valence-electron chi connectivity index (χ4n) is 5.50. The summed E-state index contributed by atoms with van der Waals surface area (Å²) in [6.45, 7) is 12.2. The Morgan fingerprint density at radius 2 is 1.71 bits per heavy atom. The van der Waals surface area contributed by atoms with Crippen LogP contribution in [0.2, 0.25) is 0 Å². The second-order valence-corrected chi connectivity index (χ2v) is 12.1. The number of amides is 1. The number of ether oxygens (including phenoxy) is 2. The summed E-state index contributed by atoms with van der Waals surface area (Å²) < 4.78 is 40.8. The SMILES string of the molecule is CCOc1cc(NS(=O)(=O)CC23CCC(CC2=O)C3(C)C)c(OCC)cc1NC(=O)CC(C)C. The third kappa shape index (κ3) is 5.04. The Morgan fingerprint density at radius 3 is 2.21 bits per heavy atom. The van der Waals surface area contributed by atoms with Gasteiger partial charge < -0.3 is 14.8 Å². The second-order valence-electron chi connectivity index (χ2n) is 10.4. The highest BCUT2D eigenvalue weighted by atomic mass is 32.2. The molecule has 190 valence electrons. The van der Waals surface area contributed by atoms with E-state index >= 15 is 0 Å². The van der Waals surface area contributed by atoms with Crippen molar-refractivity contribution in [3.63, 3.8) is 0 Å². The van der Waals surface area contributed by atoms with Crippen molar-refractivity contribution in [1.82, 2.24) is 0 Å². The lowest BCUT2D eigenvalue weighted by Crippen LogP contribution is -2.43. The van der Waals surface area contributed by atoms with Gasteiger partial charge in [-0.2, -0.15) is 0 Å². The van der Waals surface area contributed by atoms with E-state index in [4.69, 9.17) is 9.47 Å². The number of anilines is 2. The number of nitrogens with one attached hydrogen (secondary N) is 2. The van der Waals surface area contributed by atoms with E-state index in [0.29, 0.717) is 43.9 Å². The molecule has 0 saturated heterocycles. The van der Waals surface area contributed by atoms with Gasteiger partial charge in [-0.1, -0.05) is 27.7 Å². The quantitative estimate of drug-likeness (QED) is 0.465. The Bertz CT molecular complexity index is 1050. The van der Waals surface area contributed by atoms with Crippen LogP contribution in [0.3, 0.4) is 0 Å². The lowest BCUT2D eigenvalue weighted by atomic mass is 9.70. The molecule has 2 aliphatic rings. The number of ketones is 1. The van der Waals surface area contributed by atoms with Gasteiger partial charge in [-0.3, -0.25) is 14.3 Å². The number of rotatable bonds is 11. The normalized spacial score (nSPS) is 23.3. The predicted molar refractivity (Wildman–Crippen MR) is 133 cm³/mol. The van der Waals surface area contributed by atoms with Gasteiger partial charge in [-0.05, 0) is 43.9 Å². The second kappa shape index (κ2) is 9.76. The van der Waals surface area contributed by atoms with Crippen LogP contribution in [0.15, 0.2) is 12.1 Å². The fourth-order valence-corrected chi connectivity index (χ4v) is 7.39. The minimum atomic E-state index is -3.88. The van der Waals surface area contributed by atoms with Crippen LogP contribution < -0.4 is 19.5 Å². The Labute approximate surface area is 203 Å². The first-order valence-electron chi connectivity index (χ1n) is 12.1. The van der Waals surface area contributed by atoms with Crippen LogP contribution in [0.4, 0.5) is 11.4 Å². The highest BCUT2D eigenvalue weighted by molar-refractivity contribution is 7.92. The largest absolute Gasteiger partial charge is 0.492 e. The molecule has 2 aliphatic carbocycles. The number of hydrogen-bond donors (Lipinski definition) is 2. The van der Waals surface area contributed by atoms with Crippen LogP contribution in [0.5, 0.6) is 11.5 Å². The molecule has 1 amide bonds. The molecular formula is C25H38N2O6S. The smallest absolute Gasteiger partial charge is 0.233 e. The summed E-state index contributed by atoms with van der Waals surface area (Å²) in [7, 11) is -3.88. The zero-order valence-corrected chi connectivity index (χ0v) is 21.9. The summed E-state index contributed by atoms with van der Waals surface area (Å²) in [6.07, 6.45) is 2.26. The highest BCUT2D eigenvalue weighted by Crippen LogP contribution is 2.64. The summed E-state index contributed by atoms with van der Waals surface area (Å²) in [4.78, 5) is 25.2. The van der Waals surface area contributed by atoms with Gasteiger partial charge in [0.2, 0.25) is 15.9 Å². The minimum Gasteiger partial charge on any atom is -0.492 e. The third-order valence-corrected chi connectivity index (χ3v) is 8.79. The van der Waals surface area contributed by atoms with Gasteiger partial charge in [0.05, 0.1) is 35.8 Å². The maximum Gasteiger partial charge on any atom is 0.233 e. The predicted octanol–water partition coefficient (Wildman–Crippen LogP) is 4.61. The number of sulfonamides is 1. The van der Waals surface area contributed by atoms with E-state index in [1.54, 1.807) is 13.0 Å². The van der Waals surface area contributed by atoms with Gasteiger partial charge in [0.15, 0.2) is 0 Å². The number of fused-ring (bicyclic) bond motifs is 2. The van der Waals surface area contributed by atoms with Crippen molar-refractivity contribution in [3.8, 4) is 11.5 Å². The van der Waals surface area contributed by atoms with E-state index in [-0.39, 0.29) is 46.1 Å². The Hall–Kier alpha value is -2.29. The molecule has 0 spiro atoms. The van der Waals surface area contributed by atoms with E-state index in [2.05, 4.69) is 10.0 Å². The number of hydrogen-bond acceptors (Lipinski definition) is 6. The molecule has 3 rings (SSSR count). The molecule has 2 atom stereocenters. The zero-order valence-electron chi connectivity index (χ0n) is 21.1. The molecule has 0 aliphatic heterocycles. The van der Waals surface area contributed by atoms with Crippen LogP contribution in [-0.2, 0) is 19.6 Å². The van der Waals surface area contributed by atoms with Crippen molar-refractivity contribution in [2.75, 3.05) is 29.0 Å². The van der Waals surface area contributed by atoms with Crippen molar-refractivity contribution in [3.05, 3.63) is 12.1 Å². The summed E-state index contributed by atoms with van der Waals surface area (Å²) in [6, 6.07) is 3.12. The van der Waals surface area contributed by atoms with Gasteiger partial charge in [-0.15, -0.1) is 0 Å². The van der Waals surface area contributed by atoms with E-state index < -0.39 is 15.4 Å². The number of benzene rings is 1. The molecule has 9 heteroatoms. The van der Waals surface area contributed by atoms with Gasteiger partial charge >= 0.3 is 0 Å². The molecule has 8 nitrogen and oxygen atoms in total. The van der Waals surface area contributed by atoms with Crippen LogP contribution in [-0.4, -0.2) is 39.1 Å².